The Labute approximate surface area is 138 Å². The first-order valence-corrected chi connectivity index (χ1v) is 8.30. The van der Waals surface area contributed by atoms with E-state index in [-0.39, 0.29) is 18.1 Å². The highest BCUT2D eigenvalue weighted by Gasteiger charge is 2.21. The van der Waals surface area contributed by atoms with Crippen molar-refractivity contribution in [2.24, 2.45) is 5.41 Å². The lowest BCUT2D eigenvalue weighted by Crippen LogP contribution is -2.52. The molecule has 2 rings (SSSR count). The molecule has 0 radical (unpaired) electrons. The summed E-state index contributed by atoms with van der Waals surface area (Å²) in [5.74, 6) is 0. The Hall–Kier alpha value is -1.82. The van der Waals surface area contributed by atoms with Gasteiger partial charge in [-0.15, -0.1) is 0 Å². The zero-order chi connectivity index (χ0) is 16.7. The van der Waals surface area contributed by atoms with Crippen molar-refractivity contribution in [3.8, 4) is 0 Å². The fourth-order valence-corrected chi connectivity index (χ4v) is 2.68. The number of carbonyl (C=O) groups excluding carboxylic acids is 1. The highest BCUT2D eigenvalue weighted by Crippen LogP contribution is 2.20. The van der Waals surface area contributed by atoms with Gasteiger partial charge in [0, 0.05) is 57.4 Å². The van der Waals surface area contributed by atoms with Crippen LogP contribution in [0.3, 0.4) is 0 Å². The number of hydrogen-bond acceptors (Lipinski definition) is 4. The standard InChI is InChI=1S/C17H28N4O2/c1-17(2,14-22)6-3-7-19-16(23)21-12-10-20(11-13-21)15-4-8-18-9-5-15/h4-5,8-9,22H,3,6-7,10-14H2,1-2H3,(H,19,23). The van der Waals surface area contributed by atoms with Crippen LogP contribution < -0.4 is 10.2 Å². The van der Waals surface area contributed by atoms with Crippen LogP contribution in [0.4, 0.5) is 10.5 Å². The summed E-state index contributed by atoms with van der Waals surface area (Å²) in [5, 5.41) is 12.2. The third-order valence-electron chi connectivity index (χ3n) is 4.33. The number of piperazine rings is 1. The van der Waals surface area contributed by atoms with Gasteiger partial charge in [-0.2, -0.15) is 0 Å². The van der Waals surface area contributed by atoms with E-state index in [1.807, 2.05) is 30.9 Å². The quantitative estimate of drug-likeness (QED) is 0.783. The fraction of sp³-hybridized carbons (Fsp3) is 0.647. The number of aliphatic hydroxyl groups excluding tert-OH is 1. The molecule has 1 aliphatic rings. The van der Waals surface area contributed by atoms with Gasteiger partial charge in [0.1, 0.15) is 0 Å². The van der Waals surface area contributed by atoms with Gasteiger partial charge in [-0.05, 0) is 30.4 Å². The lowest BCUT2D eigenvalue weighted by molar-refractivity contribution is 0.147. The molecule has 1 saturated heterocycles. The van der Waals surface area contributed by atoms with Crippen LogP contribution in [0.2, 0.25) is 0 Å². The van der Waals surface area contributed by atoms with Gasteiger partial charge in [-0.25, -0.2) is 4.79 Å². The van der Waals surface area contributed by atoms with E-state index in [9.17, 15) is 9.90 Å². The van der Waals surface area contributed by atoms with Crippen molar-refractivity contribution in [2.75, 3.05) is 44.2 Å². The van der Waals surface area contributed by atoms with Crippen molar-refractivity contribution >= 4 is 11.7 Å². The SMILES string of the molecule is CC(C)(CO)CCCNC(=O)N1CCN(c2ccncc2)CC1. The van der Waals surface area contributed by atoms with E-state index >= 15 is 0 Å². The number of urea groups is 1. The van der Waals surface area contributed by atoms with Crippen LogP contribution >= 0.6 is 0 Å². The number of aliphatic hydroxyl groups is 1. The Balaban J connectivity index is 1.68. The summed E-state index contributed by atoms with van der Waals surface area (Å²) in [6.45, 7) is 8.06. The highest BCUT2D eigenvalue weighted by molar-refractivity contribution is 5.74. The number of anilines is 1. The van der Waals surface area contributed by atoms with Crippen molar-refractivity contribution in [1.29, 1.82) is 0 Å². The molecule has 6 nitrogen and oxygen atoms in total. The predicted octanol–water partition coefficient (Wildman–Crippen LogP) is 1.71. The van der Waals surface area contributed by atoms with Crippen LogP contribution in [0.1, 0.15) is 26.7 Å². The third-order valence-corrected chi connectivity index (χ3v) is 4.33. The van der Waals surface area contributed by atoms with E-state index in [0.29, 0.717) is 6.54 Å². The van der Waals surface area contributed by atoms with Gasteiger partial charge in [-0.3, -0.25) is 4.98 Å². The van der Waals surface area contributed by atoms with Gasteiger partial charge in [-0.1, -0.05) is 13.8 Å². The largest absolute Gasteiger partial charge is 0.396 e. The first-order chi connectivity index (χ1) is 11.0. The first-order valence-electron chi connectivity index (χ1n) is 8.30. The Kier molecular flexibility index (Phi) is 6.21. The summed E-state index contributed by atoms with van der Waals surface area (Å²) in [5.41, 5.74) is 1.09. The summed E-state index contributed by atoms with van der Waals surface area (Å²) >= 11 is 0. The molecule has 1 aliphatic heterocycles. The summed E-state index contributed by atoms with van der Waals surface area (Å²) < 4.78 is 0. The van der Waals surface area contributed by atoms with E-state index in [1.54, 1.807) is 12.4 Å². The lowest BCUT2D eigenvalue weighted by atomic mass is 9.89. The monoisotopic (exact) mass is 320 g/mol. The molecule has 1 fully saturated rings. The number of nitrogens with zero attached hydrogens (tertiary/aromatic N) is 3. The molecule has 128 valence electrons. The maximum atomic E-state index is 12.2. The van der Waals surface area contributed by atoms with Crippen LogP contribution in [0, 0.1) is 5.41 Å². The number of amides is 2. The van der Waals surface area contributed by atoms with Crippen molar-refractivity contribution in [3.05, 3.63) is 24.5 Å². The van der Waals surface area contributed by atoms with Gasteiger partial charge in [0.05, 0.1) is 0 Å². The molecule has 0 unspecified atom stereocenters. The van der Waals surface area contributed by atoms with Gasteiger partial charge in [0.25, 0.3) is 0 Å². The molecular formula is C17H28N4O2. The molecule has 0 spiro atoms. The minimum atomic E-state index is -0.0686. The molecule has 0 bridgehead atoms. The van der Waals surface area contributed by atoms with Crippen molar-refractivity contribution in [2.45, 2.75) is 26.7 Å². The van der Waals surface area contributed by atoms with Crippen LogP contribution in [0.5, 0.6) is 0 Å². The average molecular weight is 320 g/mol. The number of aromatic nitrogens is 1. The van der Waals surface area contributed by atoms with Gasteiger partial charge < -0.3 is 20.2 Å². The molecule has 1 aromatic rings. The molecule has 0 aliphatic carbocycles. The van der Waals surface area contributed by atoms with Crippen molar-refractivity contribution in [3.63, 3.8) is 0 Å². The second kappa shape index (κ2) is 8.15. The normalized spacial score (nSPS) is 15.6. The van der Waals surface area contributed by atoms with Gasteiger partial charge >= 0.3 is 6.03 Å². The molecular weight excluding hydrogens is 292 g/mol. The minimum absolute atomic E-state index is 0.0150. The molecule has 6 heteroatoms. The Morgan fingerprint density at radius 3 is 2.52 bits per heavy atom. The van der Waals surface area contributed by atoms with Gasteiger partial charge in [0.2, 0.25) is 0 Å². The first kappa shape index (κ1) is 17.5. The van der Waals surface area contributed by atoms with E-state index in [4.69, 9.17) is 0 Å². The Morgan fingerprint density at radius 2 is 1.91 bits per heavy atom. The Bertz CT molecular complexity index is 485. The molecule has 0 aromatic carbocycles. The van der Waals surface area contributed by atoms with E-state index in [1.165, 1.54) is 0 Å². The van der Waals surface area contributed by atoms with E-state index in [0.717, 1.165) is 44.7 Å². The Morgan fingerprint density at radius 1 is 1.26 bits per heavy atom. The second-order valence-electron chi connectivity index (χ2n) is 6.84. The highest BCUT2D eigenvalue weighted by atomic mass is 16.3. The lowest BCUT2D eigenvalue weighted by Gasteiger charge is -2.36. The van der Waals surface area contributed by atoms with Crippen LogP contribution in [-0.4, -0.2) is 60.4 Å². The predicted molar refractivity (Wildman–Crippen MR) is 91.5 cm³/mol. The molecule has 2 amide bonds. The van der Waals surface area contributed by atoms with Crippen molar-refractivity contribution < 1.29 is 9.90 Å². The molecule has 0 saturated carbocycles. The zero-order valence-corrected chi connectivity index (χ0v) is 14.2. The number of hydrogen-bond donors (Lipinski definition) is 2. The maximum absolute atomic E-state index is 12.2. The average Bonchev–Trinajstić information content (AvgIpc) is 2.59. The molecule has 0 atom stereocenters. The maximum Gasteiger partial charge on any atom is 0.317 e. The topological polar surface area (TPSA) is 68.7 Å². The summed E-state index contributed by atoms with van der Waals surface area (Å²) in [6, 6.07) is 4.01. The number of rotatable bonds is 6. The number of carbonyl (C=O) groups is 1. The van der Waals surface area contributed by atoms with E-state index < -0.39 is 0 Å². The smallest absolute Gasteiger partial charge is 0.317 e. The van der Waals surface area contributed by atoms with E-state index in [2.05, 4.69) is 15.2 Å². The minimum Gasteiger partial charge on any atom is -0.396 e. The van der Waals surface area contributed by atoms with Gasteiger partial charge in [0.15, 0.2) is 0 Å². The zero-order valence-electron chi connectivity index (χ0n) is 14.2. The fourth-order valence-electron chi connectivity index (χ4n) is 2.68. The molecule has 23 heavy (non-hydrogen) atoms. The van der Waals surface area contributed by atoms with Crippen LogP contribution in [-0.2, 0) is 0 Å². The summed E-state index contributed by atoms with van der Waals surface area (Å²) in [6.07, 6.45) is 5.38. The third kappa shape index (κ3) is 5.39. The number of nitrogens with one attached hydrogen (secondary N) is 1. The van der Waals surface area contributed by atoms with Crippen molar-refractivity contribution in [1.82, 2.24) is 15.2 Å². The summed E-state index contributed by atoms with van der Waals surface area (Å²) in [7, 11) is 0. The van der Waals surface area contributed by atoms with Crippen LogP contribution in [0.25, 0.3) is 0 Å². The second-order valence-corrected chi connectivity index (χ2v) is 6.84. The molecule has 2 heterocycles. The van der Waals surface area contributed by atoms with Crippen LogP contribution in [0.15, 0.2) is 24.5 Å². The molecule has 1 aromatic heterocycles. The number of pyridine rings is 1. The summed E-state index contributed by atoms with van der Waals surface area (Å²) in [4.78, 5) is 20.3. The molecule has 2 N–H and O–H groups in total.